The first kappa shape index (κ1) is 22.7. The Balaban J connectivity index is 1.55. The Morgan fingerprint density at radius 2 is 2.03 bits per heavy atom. The number of rotatable bonds is 8. The van der Waals surface area contributed by atoms with E-state index in [0.717, 1.165) is 16.7 Å². The molecule has 9 heteroatoms. The van der Waals surface area contributed by atoms with Gasteiger partial charge in [-0.1, -0.05) is 26.0 Å². The fraction of sp³-hybridized carbons (Fsp3) is 0.417. The molecule has 0 spiro atoms. The van der Waals surface area contributed by atoms with Gasteiger partial charge in [-0.15, -0.1) is 0 Å². The molecule has 33 heavy (non-hydrogen) atoms. The van der Waals surface area contributed by atoms with Gasteiger partial charge in [0.25, 0.3) is 5.91 Å². The summed E-state index contributed by atoms with van der Waals surface area (Å²) in [5.74, 6) is 1.81. The molecule has 1 aliphatic rings. The van der Waals surface area contributed by atoms with Crippen molar-refractivity contribution >= 4 is 29.0 Å². The van der Waals surface area contributed by atoms with Crippen LogP contribution in [0.3, 0.4) is 0 Å². The number of fused-ring (bicyclic) bond motifs is 1. The molecule has 2 amide bonds. The van der Waals surface area contributed by atoms with Gasteiger partial charge in [-0.05, 0) is 31.0 Å². The topological polar surface area (TPSA) is 104 Å². The van der Waals surface area contributed by atoms with Gasteiger partial charge in [0.2, 0.25) is 6.41 Å². The van der Waals surface area contributed by atoms with E-state index in [4.69, 9.17) is 14.4 Å². The highest BCUT2D eigenvalue weighted by Gasteiger charge is 2.31. The summed E-state index contributed by atoms with van der Waals surface area (Å²) >= 11 is 0. The Labute approximate surface area is 193 Å². The molecule has 0 radical (unpaired) electrons. The number of para-hydroxylation sites is 1. The smallest absolute Gasteiger partial charge is 0.257 e. The van der Waals surface area contributed by atoms with Crippen molar-refractivity contribution in [2.45, 2.75) is 39.5 Å². The maximum atomic E-state index is 12.7. The quantitative estimate of drug-likeness (QED) is 0.509. The third-order valence-corrected chi connectivity index (χ3v) is 6.17. The second-order valence-electron chi connectivity index (χ2n) is 8.72. The zero-order chi connectivity index (χ0) is 23.4. The normalized spacial score (nSPS) is 17.8. The fourth-order valence-electron chi connectivity index (χ4n) is 3.87. The first-order chi connectivity index (χ1) is 16.0. The molecule has 1 saturated heterocycles. The van der Waals surface area contributed by atoms with E-state index < -0.39 is 0 Å². The van der Waals surface area contributed by atoms with Crippen LogP contribution in [0.2, 0.25) is 0 Å². The van der Waals surface area contributed by atoms with Crippen LogP contribution in [0, 0.1) is 5.92 Å². The molecule has 2 atom stereocenters. The van der Waals surface area contributed by atoms with Gasteiger partial charge in [0, 0.05) is 24.5 Å². The molecule has 3 aromatic rings. The maximum Gasteiger partial charge on any atom is 0.257 e. The SMILES string of the molecule is CC(C)[C@@H](C)Nc1nc(CN2CCN(C(=O)c3ccoc3)CC2NC=O)nc2ccccc12. The number of carbonyl (C=O) groups is 2. The average molecular weight is 451 g/mol. The predicted octanol–water partition coefficient (Wildman–Crippen LogP) is 2.71. The lowest BCUT2D eigenvalue weighted by molar-refractivity contribution is -0.112. The summed E-state index contributed by atoms with van der Waals surface area (Å²) in [4.78, 5) is 37.4. The van der Waals surface area contributed by atoms with E-state index in [0.29, 0.717) is 49.9 Å². The standard InChI is InChI=1S/C24H30N6O3/c1-16(2)17(3)26-23-19-6-4-5-7-20(19)27-21(28-23)12-29-9-10-30(13-22(29)25-15-31)24(32)18-8-11-33-14-18/h4-8,11,14-17,22H,9-10,12-13H2,1-3H3,(H,25,31)(H,26,27,28)/t17-,22?/m1/s1. The third-order valence-electron chi connectivity index (χ3n) is 6.17. The summed E-state index contributed by atoms with van der Waals surface area (Å²) in [5, 5.41) is 7.35. The van der Waals surface area contributed by atoms with Crippen LogP contribution in [0.25, 0.3) is 10.9 Å². The summed E-state index contributed by atoms with van der Waals surface area (Å²) in [6.45, 7) is 8.41. The first-order valence-electron chi connectivity index (χ1n) is 11.2. The van der Waals surface area contributed by atoms with Gasteiger partial charge in [-0.2, -0.15) is 0 Å². The van der Waals surface area contributed by atoms with E-state index in [2.05, 4.69) is 36.3 Å². The zero-order valence-electron chi connectivity index (χ0n) is 19.2. The Morgan fingerprint density at radius 1 is 1.21 bits per heavy atom. The molecule has 1 fully saturated rings. The average Bonchev–Trinajstić information content (AvgIpc) is 3.35. The van der Waals surface area contributed by atoms with E-state index >= 15 is 0 Å². The monoisotopic (exact) mass is 450 g/mol. The van der Waals surface area contributed by atoms with Crippen molar-refractivity contribution in [3.05, 3.63) is 54.2 Å². The number of aromatic nitrogens is 2. The summed E-state index contributed by atoms with van der Waals surface area (Å²) in [6.07, 6.45) is 3.25. The molecule has 0 bridgehead atoms. The van der Waals surface area contributed by atoms with Crippen molar-refractivity contribution in [2.24, 2.45) is 5.92 Å². The van der Waals surface area contributed by atoms with E-state index in [1.807, 2.05) is 24.3 Å². The minimum atomic E-state index is -0.340. The number of furan rings is 1. The number of hydrogen-bond donors (Lipinski definition) is 2. The highest BCUT2D eigenvalue weighted by molar-refractivity contribution is 5.94. The van der Waals surface area contributed by atoms with Crippen LogP contribution >= 0.6 is 0 Å². The predicted molar refractivity (Wildman–Crippen MR) is 125 cm³/mol. The van der Waals surface area contributed by atoms with Gasteiger partial charge < -0.3 is 20.0 Å². The largest absolute Gasteiger partial charge is 0.472 e. The van der Waals surface area contributed by atoms with E-state index in [1.54, 1.807) is 11.0 Å². The molecule has 2 N–H and O–H groups in total. The lowest BCUT2D eigenvalue weighted by Crippen LogP contribution is -2.59. The van der Waals surface area contributed by atoms with Gasteiger partial charge in [0.05, 0.1) is 36.6 Å². The highest BCUT2D eigenvalue weighted by atomic mass is 16.3. The third kappa shape index (κ3) is 5.14. The van der Waals surface area contributed by atoms with Crippen LogP contribution in [0.4, 0.5) is 5.82 Å². The second-order valence-corrected chi connectivity index (χ2v) is 8.72. The Morgan fingerprint density at radius 3 is 2.76 bits per heavy atom. The molecular formula is C24H30N6O3. The Bertz CT molecular complexity index is 1100. The van der Waals surface area contributed by atoms with Crippen molar-refractivity contribution in [1.82, 2.24) is 25.1 Å². The van der Waals surface area contributed by atoms with Crippen molar-refractivity contribution < 1.29 is 14.0 Å². The molecule has 4 rings (SSSR count). The summed E-state index contributed by atoms with van der Waals surface area (Å²) in [6, 6.07) is 9.84. The van der Waals surface area contributed by atoms with Gasteiger partial charge in [-0.3, -0.25) is 14.5 Å². The number of benzene rings is 1. The van der Waals surface area contributed by atoms with Crippen LogP contribution < -0.4 is 10.6 Å². The molecule has 0 aliphatic carbocycles. The zero-order valence-corrected chi connectivity index (χ0v) is 19.2. The lowest BCUT2D eigenvalue weighted by Gasteiger charge is -2.40. The van der Waals surface area contributed by atoms with E-state index in [1.165, 1.54) is 12.5 Å². The van der Waals surface area contributed by atoms with Crippen molar-refractivity contribution in [2.75, 3.05) is 25.0 Å². The van der Waals surface area contributed by atoms with E-state index in [9.17, 15) is 9.59 Å². The number of nitrogens with zero attached hydrogens (tertiary/aromatic N) is 4. The second kappa shape index (κ2) is 9.99. The minimum absolute atomic E-state index is 0.114. The Kier molecular flexibility index (Phi) is 6.88. The van der Waals surface area contributed by atoms with Crippen molar-refractivity contribution in [3.63, 3.8) is 0 Å². The van der Waals surface area contributed by atoms with Gasteiger partial charge >= 0.3 is 0 Å². The highest BCUT2D eigenvalue weighted by Crippen LogP contribution is 2.23. The lowest BCUT2D eigenvalue weighted by atomic mass is 10.1. The number of amides is 2. The van der Waals surface area contributed by atoms with Crippen molar-refractivity contribution in [1.29, 1.82) is 0 Å². The minimum Gasteiger partial charge on any atom is -0.472 e. The molecule has 174 valence electrons. The number of anilines is 1. The van der Waals surface area contributed by atoms with Crippen LogP contribution in [0.5, 0.6) is 0 Å². The molecule has 2 aromatic heterocycles. The van der Waals surface area contributed by atoms with Gasteiger partial charge in [0.15, 0.2) is 0 Å². The summed E-state index contributed by atoms with van der Waals surface area (Å²) < 4.78 is 5.04. The van der Waals surface area contributed by atoms with Crippen LogP contribution in [0.15, 0.2) is 47.3 Å². The van der Waals surface area contributed by atoms with Gasteiger partial charge in [0.1, 0.15) is 17.9 Å². The Hall–Kier alpha value is -3.46. The molecule has 3 heterocycles. The molecule has 0 saturated carbocycles. The van der Waals surface area contributed by atoms with Crippen LogP contribution in [-0.2, 0) is 11.3 Å². The fourth-order valence-corrected chi connectivity index (χ4v) is 3.87. The van der Waals surface area contributed by atoms with Gasteiger partial charge in [-0.25, -0.2) is 9.97 Å². The number of piperazine rings is 1. The molecule has 9 nitrogen and oxygen atoms in total. The van der Waals surface area contributed by atoms with E-state index in [-0.39, 0.29) is 18.1 Å². The van der Waals surface area contributed by atoms with Crippen LogP contribution in [0.1, 0.15) is 37.0 Å². The summed E-state index contributed by atoms with van der Waals surface area (Å²) in [7, 11) is 0. The number of carbonyl (C=O) groups excluding carboxylic acids is 2. The van der Waals surface area contributed by atoms with Crippen LogP contribution in [-0.4, -0.2) is 63.9 Å². The maximum absolute atomic E-state index is 12.7. The number of nitrogens with one attached hydrogen (secondary N) is 2. The van der Waals surface area contributed by atoms with Crippen molar-refractivity contribution in [3.8, 4) is 0 Å². The molecule has 1 aromatic carbocycles. The molecule has 1 aliphatic heterocycles. The number of hydrogen-bond acceptors (Lipinski definition) is 7. The first-order valence-corrected chi connectivity index (χ1v) is 11.2. The molecule has 1 unspecified atom stereocenters. The molecular weight excluding hydrogens is 420 g/mol. The summed E-state index contributed by atoms with van der Waals surface area (Å²) in [5.41, 5.74) is 1.37.